The van der Waals surface area contributed by atoms with E-state index in [2.05, 4.69) is 0 Å². The number of alkyl halides is 1. The predicted octanol–water partition coefficient (Wildman–Crippen LogP) is 2.37. The summed E-state index contributed by atoms with van der Waals surface area (Å²) >= 11 is 5.77. The lowest BCUT2D eigenvalue weighted by Crippen LogP contribution is -2.34. The zero-order chi connectivity index (χ0) is 14.6. The summed E-state index contributed by atoms with van der Waals surface area (Å²) in [5.74, 6) is 0.389. The maximum absolute atomic E-state index is 12.3. The van der Waals surface area contributed by atoms with Gasteiger partial charge in [0.2, 0.25) is 10.0 Å². The molecule has 1 heterocycles. The normalized spacial score (nSPS) is 19.6. The van der Waals surface area contributed by atoms with Crippen LogP contribution < -0.4 is 0 Å². The monoisotopic (exact) mass is 317 g/mol. The van der Waals surface area contributed by atoms with Gasteiger partial charge in [-0.25, -0.2) is 12.7 Å². The Hall–Kier alpha value is -0.620. The molecule has 1 unspecified atom stereocenters. The van der Waals surface area contributed by atoms with Crippen molar-refractivity contribution in [2.75, 3.05) is 20.2 Å². The summed E-state index contributed by atoms with van der Waals surface area (Å²) in [4.78, 5) is 0. The molecule has 0 radical (unpaired) electrons. The fourth-order valence-corrected chi connectivity index (χ4v) is 3.69. The van der Waals surface area contributed by atoms with Gasteiger partial charge in [0.05, 0.1) is 11.9 Å². The van der Waals surface area contributed by atoms with Crippen LogP contribution in [0, 0.1) is 0 Å². The van der Waals surface area contributed by atoms with E-state index in [1.54, 1.807) is 7.05 Å². The Morgan fingerprint density at radius 3 is 2.80 bits per heavy atom. The number of sulfonamides is 1. The van der Waals surface area contributed by atoms with Gasteiger partial charge in [-0.2, -0.15) is 0 Å². The highest BCUT2D eigenvalue weighted by Crippen LogP contribution is 2.17. The summed E-state index contributed by atoms with van der Waals surface area (Å²) in [7, 11) is -1.70. The number of likely N-dealkylation sites (N-methyl/N-ethyl adjacent to an activating group) is 1. The summed E-state index contributed by atoms with van der Waals surface area (Å²) < 4.78 is 31.5. The Kier molecular flexibility index (Phi) is 5.43. The molecule has 1 aromatic rings. The summed E-state index contributed by atoms with van der Waals surface area (Å²) in [5, 5.41) is 0. The lowest BCUT2D eigenvalue weighted by molar-refractivity contribution is 0.0978. The number of rotatable bonds is 6. The number of ether oxygens (including phenoxy) is 1. The van der Waals surface area contributed by atoms with E-state index in [4.69, 9.17) is 16.3 Å². The van der Waals surface area contributed by atoms with Crippen LogP contribution in [0.1, 0.15) is 24.0 Å². The maximum Gasteiger partial charge on any atom is 0.218 e. The van der Waals surface area contributed by atoms with Gasteiger partial charge in [-0.1, -0.05) is 24.3 Å². The Morgan fingerprint density at radius 1 is 1.40 bits per heavy atom. The molecule has 0 aromatic heterocycles. The molecule has 0 bridgehead atoms. The first kappa shape index (κ1) is 15.8. The molecular formula is C14H20ClNO3S. The van der Waals surface area contributed by atoms with Crippen LogP contribution in [-0.4, -0.2) is 39.0 Å². The molecule has 2 rings (SSSR count). The van der Waals surface area contributed by atoms with E-state index in [0.29, 0.717) is 12.4 Å². The molecule has 1 saturated heterocycles. The first-order chi connectivity index (χ1) is 9.51. The highest BCUT2D eigenvalue weighted by molar-refractivity contribution is 7.88. The van der Waals surface area contributed by atoms with Gasteiger partial charge < -0.3 is 4.74 Å². The minimum Gasteiger partial charge on any atom is -0.377 e. The average molecular weight is 318 g/mol. The molecule has 1 aromatic carbocycles. The zero-order valence-corrected chi connectivity index (χ0v) is 13.2. The lowest BCUT2D eigenvalue weighted by Gasteiger charge is -2.20. The third-order valence-corrected chi connectivity index (χ3v) is 5.56. The summed E-state index contributed by atoms with van der Waals surface area (Å²) in [6.07, 6.45) is 1.97. The predicted molar refractivity (Wildman–Crippen MR) is 80.2 cm³/mol. The second-order valence-electron chi connectivity index (χ2n) is 5.13. The Morgan fingerprint density at radius 2 is 2.15 bits per heavy atom. The van der Waals surface area contributed by atoms with E-state index in [9.17, 15) is 8.42 Å². The highest BCUT2D eigenvalue weighted by Gasteiger charge is 2.24. The van der Waals surface area contributed by atoms with Crippen LogP contribution in [0.2, 0.25) is 0 Å². The average Bonchev–Trinajstić information content (AvgIpc) is 2.91. The van der Waals surface area contributed by atoms with Crippen molar-refractivity contribution in [1.82, 2.24) is 4.31 Å². The maximum atomic E-state index is 12.3. The van der Waals surface area contributed by atoms with Gasteiger partial charge in [0.25, 0.3) is 0 Å². The second kappa shape index (κ2) is 6.89. The molecular weight excluding hydrogens is 298 g/mol. The molecule has 20 heavy (non-hydrogen) atoms. The molecule has 0 amide bonds. The van der Waals surface area contributed by atoms with Gasteiger partial charge in [-0.15, -0.1) is 11.6 Å². The van der Waals surface area contributed by atoms with E-state index in [1.807, 2.05) is 24.3 Å². The molecule has 112 valence electrons. The van der Waals surface area contributed by atoms with Gasteiger partial charge in [-0.05, 0) is 24.0 Å². The number of nitrogens with zero attached hydrogens (tertiary/aromatic N) is 1. The van der Waals surface area contributed by atoms with E-state index in [-0.39, 0.29) is 11.9 Å². The van der Waals surface area contributed by atoms with Crippen molar-refractivity contribution in [3.05, 3.63) is 35.4 Å². The fraction of sp³-hybridized carbons (Fsp3) is 0.571. The molecule has 0 saturated carbocycles. The summed E-state index contributed by atoms with van der Waals surface area (Å²) in [6, 6.07) is 7.37. The van der Waals surface area contributed by atoms with Crippen LogP contribution in [0.5, 0.6) is 0 Å². The van der Waals surface area contributed by atoms with Gasteiger partial charge in [0.15, 0.2) is 0 Å². The highest BCUT2D eigenvalue weighted by atomic mass is 35.5. The molecule has 0 N–H and O–H groups in total. The van der Waals surface area contributed by atoms with E-state index >= 15 is 0 Å². The third-order valence-electron chi connectivity index (χ3n) is 3.45. The van der Waals surface area contributed by atoms with Crippen molar-refractivity contribution in [3.8, 4) is 0 Å². The van der Waals surface area contributed by atoms with Gasteiger partial charge >= 0.3 is 0 Å². The summed E-state index contributed by atoms with van der Waals surface area (Å²) in [6.45, 7) is 1.16. The topological polar surface area (TPSA) is 46.6 Å². The molecule has 6 heteroatoms. The fourth-order valence-electron chi connectivity index (χ4n) is 2.31. The number of halogens is 1. The van der Waals surface area contributed by atoms with Crippen LogP contribution in [0.15, 0.2) is 24.3 Å². The van der Waals surface area contributed by atoms with Crippen molar-refractivity contribution >= 4 is 21.6 Å². The van der Waals surface area contributed by atoms with E-state index in [1.165, 1.54) is 4.31 Å². The molecule has 1 fully saturated rings. The van der Waals surface area contributed by atoms with Crippen molar-refractivity contribution in [3.63, 3.8) is 0 Å². The van der Waals surface area contributed by atoms with Crippen LogP contribution in [0.25, 0.3) is 0 Å². The SMILES string of the molecule is CN(CC1CCCO1)S(=O)(=O)Cc1cccc(CCl)c1. The molecule has 1 aliphatic heterocycles. The molecule has 1 atom stereocenters. The number of benzene rings is 1. The molecule has 1 aliphatic rings. The van der Waals surface area contributed by atoms with Crippen molar-refractivity contribution < 1.29 is 13.2 Å². The number of hydrogen-bond acceptors (Lipinski definition) is 3. The van der Waals surface area contributed by atoms with Gasteiger partial charge in [-0.3, -0.25) is 0 Å². The summed E-state index contributed by atoms with van der Waals surface area (Å²) in [5.41, 5.74) is 1.70. The first-order valence-corrected chi connectivity index (χ1v) is 8.85. The quantitative estimate of drug-likeness (QED) is 0.757. The minimum atomic E-state index is -3.32. The zero-order valence-electron chi connectivity index (χ0n) is 11.6. The minimum absolute atomic E-state index is 0.000941. The standard InChI is InChI=1S/C14H20ClNO3S/c1-16(10-14-6-3-7-19-14)20(17,18)11-13-5-2-4-12(8-13)9-15/h2,4-5,8,14H,3,6-7,9-11H2,1H3. The van der Waals surface area contributed by atoms with Crippen molar-refractivity contribution in [2.45, 2.75) is 30.6 Å². The Balaban J connectivity index is 2.01. The van der Waals surface area contributed by atoms with Crippen LogP contribution >= 0.6 is 11.6 Å². The molecule has 4 nitrogen and oxygen atoms in total. The Bertz CT molecular complexity index is 541. The smallest absolute Gasteiger partial charge is 0.218 e. The van der Waals surface area contributed by atoms with E-state index in [0.717, 1.165) is 30.6 Å². The molecule has 0 spiro atoms. The first-order valence-electron chi connectivity index (χ1n) is 6.70. The van der Waals surface area contributed by atoms with Gasteiger partial charge in [0, 0.05) is 26.1 Å². The lowest BCUT2D eigenvalue weighted by atomic mass is 10.2. The van der Waals surface area contributed by atoms with Crippen LogP contribution in [0.3, 0.4) is 0 Å². The largest absolute Gasteiger partial charge is 0.377 e. The van der Waals surface area contributed by atoms with E-state index < -0.39 is 10.0 Å². The van der Waals surface area contributed by atoms with Crippen LogP contribution in [-0.2, 0) is 26.4 Å². The van der Waals surface area contributed by atoms with Crippen molar-refractivity contribution in [1.29, 1.82) is 0 Å². The van der Waals surface area contributed by atoms with Crippen LogP contribution in [0.4, 0.5) is 0 Å². The second-order valence-corrected chi connectivity index (χ2v) is 7.47. The Labute approximate surface area is 125 Å². The number of hydrogen-bond donors (Lipinski definition) is 0. The van der Waals surface area contributed by atoms with Gasteiger partial charge in [0.1, 0.15) is 0 Å². The molecule has 0 aliphatic carbocycles. The van der Waals surface area contributed by atoms with Crippen molar-refractivity contribution in [2.24, 2.45) is 0 Å². The third kappa shape index (κ3) is 4.19.